The Balaban J connectivity index is 1.59. The zero-order valence-electron chi connectivity index (χ0n) is 18.3. The summed E-state index contributed by atoms with van der Waals surface area (Å²) in [5.41, 5.74) is 6.49. The van der Waals surface area contributed by atoms with Crippen molar-refractivity contribution in [2.75, 3.05) is 10.7 Å². The van der Waals surface area contributed by atoms with Crippen molar-refractivity contribution in [3.8, 4) is 11.3 Å². The molecule has 0 aliphatic rings. The molecule has 4 aromatic rings. The Morgan fingerprint density at radius 3 is 2.14 bits per heavy atom. The van der Waals surface area contributed by atoms with Crippen LogP contribution in [0.5, 0.6) is 0 Å². The standard InChI is InChI=1S/C24H15Cl5N4O3/c1-11-19(22(33-36-11)20-14(26)6-4-7-15(20)27)24(35)30-18-8-3-2-5-13(18)23(34)32-31-21-16(28)9-12(25)10-17(21)29/h2-10,31H,1H3,(H,30,35)(H,32,34). The molecule has 0 fully saturated rings. The van der Waals surface area contributed by atoms with Gasteiger partial charge in [-0.15, -0.1) is 0 Å². The summed E-state index contributed by atoms with van der Waals surface area (Å²) in [5.74, 6) is -0.893. The number of nitrogens with zero attached hydrogens (tertiary/aromatic N) is 1. The van der Waals surface area contributed by atoms with Gasteiger partial charge in [0, 0.05) is 10.6 Å². The summed E-state index contributed by atoms with van der Waals surface area (Å²) in [4.78, 5) is 26.2. The zero-order valence-corrected chi connectivity index (χ0v) is 22.0. The second kappa shape index (κ2) is 11.0. The van der Waals surface area contributed by atoms with Gasteiger partial charge in [0.2, 0.25) is 0 Å². The van der Waals surface area contributed by atoms with Crippen molar-refractivity contribution in [2.24, 2.45) is 0 Å². The molecule has 7 nitrogen and oxygen atoms in total. The summed E-state index contributed by atoms with van der Waals surface area (Å²) in [5, 5.41) is 8.08. The molecule has 1 heterocycles. The van der Waals surface area contributed by atoms with Crippen LogP contribution in [0.3, 0.4) is 0 Å². The van der Waals surface area contributed by atoms with E-state index in [1.165, 1.54) is 18.2 Å². The number of hydrogen-bond donors (Lipinski definition) is 3. The van der Waals surface area contributed by atoms with Gasteiger partial charge >= 0.3 is 0 Å². The lowest BCUT2D eigenvalue weighted by molar-refractivity contribution is 0.0963. The van der Waals surface area contributed by atoms with Crippen molar-refractivity contribution in [3.05, 3.63) is 96.6 Å². The highest BCUT2D eigenvalue weighted by atomic mass is 35.5. The van der Waals surface area contributed by atoms with E-state index in [-0.39, 0.29) is 44.0 Å². The van der Waals surface area contributed by atoms with Gasteiger partial charge in [0.25, 0.3) is 11.8 Å². The van der Waals surface area contributed by atoms with Crippen molar-refractivity contribution in [1.82, 2.24) is 10.6 Å². The van der Waals surface area contributed by atoms with Gasteiger partial charge in [0.1, 0.15) is 17.0 Å². The van der Waals surface area contributed by atoms with Crippen LogP contribution in [0.25, 0.3) is 11.3 Å². The topological polar surface area (TPSA) is 96.3 Å². The number of anilines is 2. The maximum absolute atomic E-state index is 13.3. The van der Waals surface area contributed by atoms with Gasteiger partial charge < -0.3 is 9.84 Å². The summed E-state index contributed by atoms with van der Waals surface area (Å²) in [6, 6.07) is 14.3. The van der Waals surface area contributed by atoms with E-state index in [1.807, 2.05) is 0 Å². The average Bonchev–Trinajstić information content (AvgIpc) is 3.19. The van der Waals surface area contributed by atoms with Crippen LogP contribution in [0, 0.1) is 6.92 Å². The van der Waals surface area contributed by atoms with Gasteiger partial charge in [-0.2, -0.15) is 0 Å². The fraction of sp³-hybridized carbons (Fsp3) is 0.0417. The number of carbonyl (C=O) groups excluding carboxylic acids is 2. The van der Waals surface area contributed by atoms with Gasteiger partial charge in [-0.3, -0.25) is 20.4 Å². The maximum Gasteiger partial charge on any atom is 0.271 e. The van der Waals surface area contributed by atoms with Crippen LogP contribution >= 0.6 is 58.0 Å². The van der Waals surface area contributed by atoms with Crippen molar-refractivity contribution < 1.29 is 14.1 Å². The molecule has 36 heavy (non-hydrogen) atoms. The molecular weight excluding hydrogens is 570 g/mol. The summed E-state index contributed by atoms with van der Waals surface area (Å²) in [6.07, 6.45) is 0. The molecule has 1 aromatic heterocycles. The van der Waals surface area contributed by atoms with E-state index in [9.17, 15) is 9.59 Å². The van der Waals surface area contributed by atoms with E-state index in [2.05, 4.69) is 21.3 Å². The van der Waals surface area contributed by atoms with Crippen LogP contribution in [0.2, 0.25) is 25.1 Å². The van der Waals surface area contributed by atoms with Crippen LogP contribution in [0.1, 0.15) is 26.5 Å². The lowest BCUT2D eigenvalue weighted by Crippen LogP contribution is -2.30. The molecule has 4 rings (SSSR count). The van der Waals surface area contributed by atoms with Crippen molar-refractivity contribution in [2.45, 2.75) is 6.92 Å². The Kier molecular flexibility index (Phi) is 7.97. The summed E-state index contributed by atoms with van der Waals surface area (Å²) < 4.78 is 5.26. The monoisotopic (exact) mass is 582 g/mol. The smallest absolute Gasteiger partial charge is 0.271 e. The summed E-state index contributed by atoms with van der Waals surface area (Å²) >= 11 is 30.8. The zero-order chi connectivity index (χ0) is 26.0. The minimum Gasteiger partial charge on any atom is -0.360 e. The predicted molar refractivity (Wildman–Crippen MR) is 144 cm³/mol. The van der Waals surface area contributed by atoms with Gasteiger partial charge in [-0.05, 0) is 43.3 Å². The first kappa shape index (κ1) is 26.1. The molecule has 0 saturated heterocycles. The predicted octanol–water partition coefficient (Wildman–Crippen LogP) is 7.93. The molecule has 2 amide bonds. The normalized spacial score (nSPS) is 10.7. The maximum atomic E-state index is 13.3. The van der Waals surface area contributed by atoms with E-state index < -0.39 is 11.8 Å². The van der Waals surface area contributed by atoms with E-state index in [1.54, 1.807) is 43.3 Å². The lowest BCUT2D eigenvalue weighted by atomic mass is 10.0. The van der Waals surface area contributed by atoms with Crippen LogP contribution < -0.4 is 16.2 Å². The minimum absolute atomic E-state index is 0.123. The highest BCUT2D eigenvalue weighted by molar-refractivity contribution is 6.42. The van der Waals surface area contributed by atoms with Crippen molar-refractivity contribution in [1.29, 1.82) is 0 Å². The molecule has 0 unspecified atom stereocenters. The third-order valence-corrected chi connectivity index (χ3v) is 6.46. The van der Waals surface area contributed by atoms with Crippen LogP contribution in [0.15, 0.2) is 59.1 Å². The number of carbonyl (C=O) groups is 2. The fourth-order valence-corrected chi connectivity index (χ4v) is 4.85. The molecule has 0 aliphatic carbocycles. The van der Waals surface area contributed by atoms with E-state index in [0.717, 1.165) is 0 Å². The van der Waals surface area contributed by atoms with Gasteiger partial charge in [0.15, 0.2) is 0 Å². The third-order valence-electron chi connectivity index (χ3n) is 5.02. The third kappa shape index (κ3) is 5.40. The number of aromatic nitrogens is 1. The lowest BCUT2D eigenvalue weighted by Gasteiger charge is -2.14. The Morgan fingerprint density at radius 1 is 0.833 bits per heavy atom. The average molecular weight is 585 g/mol. The number of amides is 2. The summed E-state index contributed by atoms with van der Waals surface area (Å²) in [7, 11) is 0. The molecule has 184 valence electrons. The molecule has 0 saturated carbocycles. The number of halogens is 5. The molecule has 0 bridgehead atoms. The fourth-order valence-electron chi connectivity index (χ4n) is 3.36. The number of nitrogens with one attached hydrogen (secondary N) is 3. The molecular formula is C24H15Cl5N4O3. The molecule has 3 N–H and O–H groups in total. The Hall–Kier alpha value is -2.94. The van der Waals surface area contributed by atoms with Crippen molar-refractivity contribution in [3.63, 3.8) is 0 Å². The minimum atomic E-state index is -0.572. The SMILES string of the molecule is Cc1onc(-c2c(Cl)cccc2Cl)c1C(=O)Nc1ccccc1C(=O)NNc1c(Cl)cc(Cl)cc1Cl. The Labute approximate surface area is 230 Å². The number of benzene rings is 3. The first-order valence-electron chi connectivity index (χ1n) is 10.2. The Morgan fingerprint density at radius 2 is 1.47 bits per heavy atom. The number of hydrazine groups is 1. The molecule has 0 aliphatic heterocycles. The molecule has 3 aromatic carbocycles. The Bertz CT molecular complexity index is 1450. The first-order chi connectivity index (χ1) is 17.2. The first-order valence-corrected chi connectivity index (χ1v) is 12.1. The second-order valence-corrected chi connectivity index (χ2v) is 9.45. The number of para-hydroxylation sites is 1. The number of aryl methyl sites for hydroxylation is 1. The van der Waals surface area contributed by atoms with Crippen LogP contribution in [-0.4, -0.2) is 17.0 Å². The van der Waals surface area contributed by atoms with Gasteiger partial charge in [-0.25, -0.2) is 0 Å². The van der Waals surface area contributed by atoms with Gasteiger partial charge in [0.05, 0.1) is 37.0 Å². The molecule has 0 radical (unpaired) electrons. The van der Waals surface area contributed by atoms with Crippen LogP contribution in [-0.2, 0) is 0 Å². The van der Waals surface area contributed by atoms with E-state index >= 15 is 0 Å². The highest BCUT2D eigenvalue weighted by Crippen LogP contribution is 2.37. The van der Waals surface area contributed by atoms with E-state index in [4.69, 9.17) is 62.5 Å². The largest absolute Gasteiger partial charge is 0.360 e. The number of rotatable bonds is 6. The highest BCUT2D eigenvalue weighted by Gasteiger charge is 2.26. The van der Waals surface area contributed by atoms with Crippen molar-refractivity contribution >= 4 is 81.2 Å². The number of hydrogen-bond acceptors (Lipinski definition) is 5. The second-order valence-electron chi connectivity index (χ2n) is 7.38. The van der Waals surface area contributed by atoms with Gasteiger partial charge in [-0.1, -0.05) is 81.4 Å². The van der Waals surface area contributed by atoms with E-state index in [0.29, 0.717) is 20.6 Å². The molecule has 0 atom stereocenters. The molecule has 0 spiro atoms. The summed E-state index contributed by atoms with van der Waals surface area (Å²) in [6.45, 7) is 1.58. The quantitative estimate of drug-likeness (QED) is 0.200. The molecule has 12 heteroatoms. The van der Waals surface area contributed by atoms with Crippen LogP contribution in [0.4, 0.5) is 11.4 Å².